The van der Waals surface area contributed by atoms with Gasteiger partial charge in [0.1, 0.15) is 12.6 Å². The van der Waals surface area contributed by atoms with Crippen molar-refractivity contribution in [2.45, 2.75) is 45.3 Å². The van der Waals surface area contributed by atoms with Crippen LogP contribution in [-0.4, -0.2) is 53.1 Å². The van der Waals surface area contributed by atoms with Crippen LogP contribution >= 0.6 is 0 Å². The van der Waals surface area contributed by atoms with E-state index in [0.29, 0.717) is 4.90 Å². The Kier molecular flexibility index (Phi) is 5.42. The largest absolute Gasteiger partial charge is 0.481 e. The van der Waals surface area contributed by atoms with Crippen molar-refractivity contribution in [3.8, 4) is 0 Å². The third kappa shape index (κ3) is 5.90. The molecule has 126 valence electrons. The fraction of sp³-hybridized carbons (Fsp3) is 0.769. The van der Waals surface area contributed by atoms with Crippen molar-refractivity contribution < 1.29 is 32.7 Å². The maximum atomic E-state index is 12.3. The number of hydrogen-bond donors (Lipinski definition) is 2. The van der Waals surface area contributed by atoms with E-state index < -0.39 is 42.0 Å². The van der Waals surface area contributed by atoms with Crippen LogP contribution in [0.2, 0.25) is 0 Å². The van der Waals surface area contributed by atoms with Crippen LogP contribution in [0.3, 0.4) is 0 Å². The fourth-order valence-electron chi connectivity index (χ4n) is 2.40. The first kappa shape index (κ1) is 18.2. The molecule has 0 aromatic carbocycles. The molecular weight excluding hydrogens is 305 g/mol. The van der Waals surface area contributed by atoms with Gasteiger partial charge in [-0.1, -0.05) is 13.8 Å². The van der Waals surface area contributed by atoms with E-state index in [9.17, 15) is 27.6 Å². The van der Waals surface area contributed by atoms with Gasteiger partial charge in [-0.2, -0.15) is 13.2 Å². The summed E-state index contributed by atoms with van der Waals surface area (Å²) in [6, 6.07) is -0.976. The van der Waals surface area contributed by atoms with Gasteiger partial charge in [0.2, 0.25) is 11.8 Å². The lowest BCUT2D eigenvalue weighted by atomic mass is 9.85. The molecule has 0 bridgehead atoms. The maximum absolute atomic E-state index is 12.3. The highest BCUT2D eigenvalue weighted by atomic mass is 19.4. The molecule has 1 aliphatic rings. The van der Waals surface area contributed by atoms with Crippen LogP contribution in [0.4, 0.5) is 13.2 Å². The summed E-state index contributed by atoms with van der Waals surface area (Å²) in [4.78, 5) is 34.9. The Hall–Kier alpha value is -1.80. The first-order valence-corrected chi connectivity index (χ1v) is 6.76. The quantitative estimate of drug-likeness (QED) is 0.767. The van der Waals surface area contributed by atoms with Gasteiger partial charge < -0.3 is 15.3 Å². The number of aliphatic carboxylic acids is 1. The minimum absolute atomic E-state index is 0.0677. The lowest BCUT2D eigenvalue weighted by Gasteiger charge is -2.23. The molecule has 0 saturated carbocycles. The topological polar surface area (TPSA) is 86.7 Å². The van der Waals surface area contributed by atoms with E-state index >= 15 is 0 Å². The summed E-state index contributed by atoms with van der Waals surface area (Å²) in [6.45, 7) is 1.78. The molecule has 2 amide bonds. The Morgan fingerprint density at radius 2 is 1.91 bits per heavy atom. The predicted octanol–water partition coefficient (Wildman–Crippen LogP) is 1.16. The number of alkyl halides is 3. The first-order valence-electron chi connectivity index (χ1n) is 6.76. The van der Waals surface area contributed by atoms with Gasteiger partial charge in [-0.25, -0.2) is 0 Å². The Morgan fingerprint density at radius 3 is 2.41 bits per heavy atom. The lowest BCUT2D eigenvalue weighted by Crippen LogP contribution is -2.44. The molecule has 2 N–H and O–H groups in total. The van der Waals surface area contributed by atoms with E-state index in [1.807, 2.05) is 0 Å². The number of carboxylic acid groups (broad SMARTS) is 1. The summed E-state index contributed by atoms with van der Waals surface area (Å²) in [5.41, 5.74) is -0.802. The van der Waals surface area contributed by atoms with Crippen molar-refractivity contribution in [1.82, 2.24) is 10.2 Å². The predicted molar refractivity (Wildman–Crippen MR) is 69.8 cm³/mol. The van der Waals surface area contributed by atoms with Crippen molar-refractivity contribution >= 4 is 17.8 Å². The smallest absolute Gasteiger partial charge is 0.406 e. The number of hydrogen-bond acceptors (Lipinski definition) is 3. The van der Waals surface area contributed by atoms with Gasteiger partial charge in [0, 0.05) is 13.0 Å². The average Bonchev–Trinajstić information content (AvgIpc) is 2.56. The fourth-order valence-corrected chi connectivity index (χ4v) is 2.40. The second-order valence-electron chi connectivity index (χ2n) is 6.20. The van der Waals surface area contributed by atoms with Crippen molar-refractivity contribution in [3.05, 3.63) is 0 Å². The van der Waals surface area contributed by atoms with Crippen LogP contribution in [0, 0.1) is 5.41 Å². The molecule has 22 heavy (non-hydrogen) atoms. The molecular formula is C13H19F3N2O4. The molecule has 0 aromatic rings. The van der Waals surface area contributed by atoms with Crippen LogP contribution in [-0.2, 0) is 14.4 Å². The highest BCUT2D eigenvalue weighted by Crippen LogP contribution is 2.25. The van der Waals surface area contributed by atoms with Crippen molar-refractivity contribution in [1.29, 1.82) is 0 Å². The molecule has 1 aliphatic heterocycles. The molecule has 1 heterocycles. The van der Waals surface area contributed by atoms with Gasteiger partial charge in [-0.15, -0.1) is 0 Å². The zero-order valence-electron chi connectivity index (χ0n) is 12.4. The second kappa shape index (κ2) is 6.53. The number of halogens is 3. The van der Waals surface area contributed by atoms with Crippen molar-refractivity contribution in [2.24, 2.45) is 5.41 Å². The van der Waals surface area contributed by atoms with Gasteiger partial charge >= 0.3 is 12.1 Å². The summed E-state index contributed by atoms with van der Waals surface area (Å²) in [5, 5.41) is 11.1. The number of carboxylic acids is 1. The number of likely N-dealkylation sites (tertiary alicyclic amines) is 1. The molecule has 1 unspecified atom stereocenters. The van der Waals surface area contributed by atoms with E-state index in [4.69, 9.17) is 5.11 Å². The van der Waals surface area contributed by atoms with E-state index in [1.165, 1.54) is 0 Å². The molecule has 0 aromatic heterocycles. The van der Waals surface area contributed by atoms with Crippen LogP contribution < -0.4 is 5.32 Å². The van der Waals surface area contributed by atoms with Crippen molar-refractivity contribution in [2.75, 3.05) is 13.1 Å². The molecule has 1 fully saturated rings. The Bertz CT molecular complexity index is 463. The Morgan fingerprint density at radius 1 is 1.32 bits per heavy atom. The molecule has 1 atom stereocenters. The van der Waals surface area contributed by atoms with Gasteiger partial charge in [-0.05, 0) is 11.8 Å². The minimum atomic E-state index is -4.47. The lowest BCUT2D eigenvalue weighted by molar-refractivity contribution is -0.158. The molecule has 0 spiro atoms. The van der Waals surface area contributed by atoms with Crippen LogP contribution in [0.15, 0.2) is 0 Å². The molecule has 1 saturated heterocycles. The monoisotopic (exact) mass is 324 g/mol. The number of rotatable bonds is 6. The molecule has 6 nitrogen and oxygen atoms in total. The Labute approximate surface area is 125 Å². The van der Waals surface area contributed by atoms with Crippen molar-refractivity contribution in [3.63, 3.8) is 0 Å². The first-order chi connectivity index (χ1) is 9.89. The standard InChI is InChI=1S/C13H19F3N2O4/c1-12(2,6-10(20)21)5-9(19)17-8-3-4-18(11(8)22)7-13(14,15)16/h8H,3-7H2,1-2H3,(H,17,19)(H,20,21). The highest BCUT2D eigenvalue weighted by Gasteiger charge is 2.40. The van der Waals surface area contributed by atoms with E-state index in [0.717, 1.165) is 0 Å². The third-order valence-corrected chi connectivity index (χ3v) is 3.27. The summed E-state index contributed by atoms with van der Waals surface area (Å²) < 4.78 is 36.8. The van der Waals surface area contributed by atoms with Crippen LogP contribution in [0.1, 0.15) is 33.1 Å². The van der Waals surface area contributed by atoms with E-state index in [2.05, 4.69) is 5.32 Å². The molecule has 9 heteroatoms. The summed E-state index contributed by atoms with van der Waals surface area (Å²) in [5.74, 6) is -2.36. The zero-order chi connectivity index (χ0) is 17.1. The van der Waals surface area contributed by atoms with Gasteiger partial charge in [0.15, 0.2) is 0 Å². The van der Waals surface area contributed by atoms with Crippen LogP contribution in [0.5, 0.6) is 0 Å². The van der Waals surface area contributed by atoms with Gasteiger partial charge in [0.25, 0.3) is 0 Å². The third-order valence-electron chi connectivity index (χ3n) is 3.27. The highest BCUT2D eigenvalue weighted by molar-refractivity contribution is 5.89. The summed E-state index contributed by atoms with van der Waals surface area (Å²) >= 11 is 0. The molecule has 0 radical (unpaired) electrons. The number of carbonyl (C=O) groups excluding carboxylic acids is 2. The maximum Gasteiger partial charge on any atom is 0.406 e. The average molecular weight is 324 g/mol. The SMILES string of the molecule is CC(C)(CC(=O)O)CC(=O)NC1CCN(CC(F)(F)F)C1=O. The number of carbonyl (C=O) groups is 3. The molecule has 1 rings (SSSR count). The summed E-state index contributed by atoms with van der Waals surface area (Å²) in [6.07, 6.45) is -4.71. The normalized spacial score (nSPS) is 19.4. The van der Waals surface area contributed by atoms with Gasteiger partial charge in [-0.3, -0.25) is 14.4 Å². The molecule has 0 aliphatic carbocycles. The minimum Gasteiger partial charge on any atom is -0.481 e. The van der Waals surface area contributed by atoms with Crippen LogP contribution in [0.25, 0.3) is 0 Å². The van der Waals surface area contributed by atoms with E-state index in [-0.39, 0.29) is 25.8 Å². The number of amides is 2. The Balaban J connectivity index is 2.53. The second-order valence-corrected chi connectivity index (χ2v) is 6.20. The van der Waals surface area contributed by atoms with E-state index in [1.54, 1.807) is 13.8 Å². The van der Waals surface area contributed by atoms with Gasteiger partial charge in [0.05, 0.1) is 6.42 Å². The summed E-state index contributed by atoms with van der Waals surface area (Å²) in [7, 11) is 0. The number of nitrogens with one attached hydrogen (secondary N) is 1. The number of nitrogens with zero attached hydrogens (tertiary/aromatic N) is 1. The zero-order valence-corrected chi connectivity index (χ0v) is 12.4.